The molecule has 0 spiro atoms. The first kappa shape index (κ1) is 12.9. The molecule has 2 heteroatoms. The molecule has 106 valence electrons. The summed E-state index contributed by atoms with van der Waals surface area (Å²) in [6.45, 7) is 1.98. The topological polar surface area (TPSA) is 35.8 Å². The fourth-order valence-electron chi connectivity index (χ4n) is 4.34. The van der Waals surface area contributed by atoms with Gasteiger partial charge in [-0.1, -0.05) is 36.4 Å². The second-order valence-electron chi connectivity index (χ2n) is 6.40. The lowest BCUT2D eigenvalue weighted by atomic mass is 9.69. The Balaban J connectivity index is 1.82. The molecule has 1 aliphatic heterocycles. The Kier molecular flexibility index (Phi) is 3.16. The smallest absolute Gasteiger partial charge is 0.0659 e. The first-order valence-electron chi connectivity index (χ1n) is 7.99. The molecule has 1 saturated heterocycles. The molecule has 21 heavy (non-hydrogen) atoms. The van der Waals surface area contributed by atoms with Crippen LogP contribution in [0.3, 0.4) is 0 Å². The van der Waals surface area contributed by atoms with E-state index in [1.807, 2.05) is 0 Å². The highest BCUT2D eigenvalue weighted by atomic mass is 14.9. The zero-order valence-electron chi connectivity index (χ0n) is 12.2. The number of piperidine rings is 1. The highest BCUT2D eigenvalue weighted by Crippen LogP contribution is 2.43. The maximum absolute atomic E-state index is 9.50. The largest absolute Gasteiger partial charge is 0.316 e. The van der Waals surface area contributed by atoms with Gasteiger partial charge in [-0.05, 0) is 66.1 Å². The molecule has 1 fully saturated rings. The predicted molar refractivity (Wildman–Crippen MR) is 85.1 cm³/mol. The van der Waals surface area contributed by atoms with Gasteiger partial charge in [0.05, 0.1) is 12.0 Å². The summed E-state index contributed by atoms with van der Waals surface area (Å²) < 4.78 is 0. The van der Waals surface area contributed by atoms with E-state index in [2.05, 4.69) is 47.8 Å². The number of hydrogen-bond donors (Lipinski definition) is 1. The summed E-state index contributed by atoms with van der Waals surface area (Å²) in [6, 6.07) is 15.9. The minimum absolute atomic E-state index is 0.205. The lowest BCUT2D eigenvalue weighted by Gasteiger charge is -2.37. The second-order valence-corrected chi connectivity index (χ2v) is 6.40. The molecule has 2 nitrogen and oxygen atoms in total. The van der Waals surface area contributed by atoms with Crippen molar-refractivity contribution in [1.29, 1.82) is 5.26 Å². The minimum atomic E-state index is 0.205. The number of nitriles is 1. The van der Waals surface area contributed by atoms with Crippen LogP contribution in [0.5, 0.6) is 0 Å². The predicted octanol–water partition coefficient (Wildman–Crippen LogP) is 3.62. The summed E-state index contributed by atoms with van der Waals surface area (Å²) in [4.78, 5) is 0. The third-order valence-corrected chi connectivity index (χ3v) is 5.36. The van der Waals surface area contributed by atoms with Gasteiger partial charge in [-0.15, -0.1) is 0 Å². The monoisotopic (exact) mass is 276 g/mol. The lowest BCUT2D eigenvalue weighted by molar-refractivity contribution is 0.254. The quantitative estimate of drug-likeness (QED) is 0.863. The van der Waals surface area contributed by atoms with Gasteiger partial charge in [0.1, 0.15) is 0 Å². The summed E-state index contributed by atoms with van der Waals surface area (Å²) in [7, 11) is 0. The normalized spacial score (nSPS) is 28.2. The van der Waals surface area contributed by atoms with Crippen molar-refractivity contribution in [3.8, 4) is 6.07 Å². The molecule has 3 unspecified atom stereocenters. The van der Waals surface area contributed by atoms with Crippen molar-refractivity contribution in [3.05, 3.63) is 47.5 Å². The molecule has 4 rings (SSSR count). The Bertz CT molecular complexity index is 708. The summed E-state index contributed by atoms with van der Waals surface area (Å²) in [5, 5.41) is 15.8. The number of nitrogens with one attached hydrogen (secondary N) is 1. The van der Waals surface area contributed by atoms with Crippen LogP contribution in [0.4, 0.5) is 0 Å². The molecule has 2 aromatic rings. The fourth-order valence-corrected chi connectivity index (χ4v) is 4.34. The zero-order chi connectivity index (χ0) is 14.2. The number of nitrogens with zero attached hydrogens (tertiary/aromatic N) is 1. The Morgan fingerprint density at radius 2 is 1.95 bits per heavy atom. The van der Waals surface area contributed by atoms with Crippen LogP contribution in [0, 0.1) is 23.2 Å². The van der Waals surface area contributed by atoms with E-state index in [1.54, 1.807) is 0 Å². The van der Waals surface area contributed by atoms with Crippen molar-refractivity contribution in [1.82, 2.24) is 5.32 Å². The first-order chi connectivity index (χ1) is 10.4. The van der Waals surface area contributed by atoms with E-state index in [0.29, 0.717) is 11.8 Å². The third-order valence-electron chi connectivity index (χ3n) is 5.36. The van der Waals surface area contributed by atoms with Gasteiger partial charge < -0.3 is 5.32 Å². The second kappa shape index (κ2) is 5.16. The first-order valence-corrected chi connectivity index (χ1v) is 7.99. The van der Waals surface area contributed by atoms with E-state index < -0.39 is 0 Å². The van der Waals surface area contributed by atoms with Crippen LogP contribution in [0.2, 0.25) is 0 Å². The summed E-state index contributed by atoms with van der Waals surface area (Å²) in [5.74, 6) is 1.19. The van der Waals surface area contributed by atoms with E-state index in [4.69, 9.17) is 0 Å². The van der Waals surface area contributed by atoms with E-state index in [1.165, 1.54) is 28.3 Å². The van der Waals surface area contributed by atoms with Gasteiger partial charge in [0, 0.05) is 0 Å². The average molecular weight is 276 g/mol. The molecule has 0 amide bonds. The van der Waals surface area contributed by atoms with Gasteiger partial charge in [-0.3, -0.25) is 0 Å². The van der Waals surface area contributed by atoms with Crippen molar-refractivity contribution in [2.75, 3.05) is 13.1 Å². The molecular formula is C19H20N2. The van der Waals surface area contributed by atoms with Crippen molar-refractivity contribution < 1.29 is 0 Å². The fraction of sp³-hybridized carbons (Fsp3) is 0.421. The van der Waals surface area contributed by atoms with Crippen LogP contribution >= 0.6 is 0 Å². The van der Waals surface area contributed by atoms with Crippen LogP contribution in [0.1, 0.15) is 29.9 Å². The van der Waals surface area contributed by atoms with Crippen molar-refractivity contribution in [3.63, 3.8) is 0 Å². The molecular weight excluding hydrogens is 256 g/mol. The van der Waals surface area contributed by atoms with E-state index in [0.717, 1.165) is 25.9 Å². The zero-order valence-corrected chi connectivity index (χ0v) is 12.2. The average Bonchev–Trinajstić information content (AvgIpc) is 2.56. The van der Waals surface area contributed by atoms with Crippen molar-refractivity contribution in [2.24, 2.45) is 11.8 Å². The minimum Gasteiger partial charge on any atom is -0.316 e. The van der Waals surface area contributed by atoms with Gasteiger partial charge in [0.25, 0.3) is 0 Å². The molecule has 2 aromatic carbocycles. The van der Waals surface area contributed by atoms with Crippen LogP contribution in [0.15, 0.2) is 36.4 Å². The molecule has 0 bridgehead atoms. The lowest BCUT2D eigenvalue weighted by Crippen LogP contribution is -2.40. The third kappa shape index (κ3) is 2.04. The highest BCUT2D eigenvalue weighted by molar-refractivity contribution is 5.90. The van der Waals surface area contributed by atoms with Gasteiger partial charge in [-0.25, -0.2) is 0 Å². The molecule has 1 heterocycles. The Morgan fingerprint density at radius 3 is 2.81 bits per heavy atom. The Morgan fingerprint density at radius 1 is 1.10 bits per heavy atom. The Hall–Kier alpha value is -1.85. The molecule has 3 atom stereocenters. The van der Waals surface area contributed by atoms with E-state index >= 15 is 0 Å². The van der Waals surface area contributed by atoms with Crippen molar-refractivity contribution in [2.45, 2.75) is 25.2 Å². The van der Waals surface area contributed by atoms with Crippen LogP contribution < -0.4 is 5.32 Å². The maximum Gasteiger partial charge on any atom is 0.0659 e. The standard InChI is InChI=1S/C19H20N2/c20-11-15-9-10-21-12-18(15)16-8-7-14-4-1-3-13-5-2-6-17(16)19(13)14/h1-6,15-16,18,21H,7-10,12H2. The molecule has 0 radical (unpaired) electrons. The van der Waals surface area contributed by atoms with Crippen LogP contribution in [0.25, 0.3) is 10.8 Å². The summed E-state index contributed by atoms with van der Waals surface area (Å²) in [6.07, 6.45) is 3.32. The SMILES string of the molecule is N#CC1CCNCC1C1CCc2cccc3cccc1c23. The Labute approximate surface area is 125 Å². The van der Waals surface area contributed by atoms with Gasteiger partial charge in [0.15, 0.2) is 0 Å². The molecule has 1 N–H and O–H groups in total. The molecule has 2 aliphatic rings. The van der Waals surface area contributed by atoms with E-state index in [9.17, 15) is 5.26 Å². The number of aryl methyl sites for hydroxylation is 1. The van der Waals surface area contributed by atoms with Gasteiger partial charge >= 0.3 is 0 Å². The maximum atomic E-state index is 9.50. The molecule has 0 saturated carbocycles. The molecule has 0 aromatic heterocycles. The van der Waals surface area contributed by atoms with Crippen LogP contribution in [-0.4, -0.2) is 13.1 Å². The summed E-state index contributed by atoms with van der Waals surface area (Å²) >= 11 is 0. The number of hydrogen-bond acceptors (Lipinski definition) is 2. The van der Waals surface area contributed by atoms with Gasteiger partial charge in [0.2, 0.25) is 0 Å². The van der Waals surface area contributed by atoms with E-state index in [-0.39, 0.29) is 5.92 Å². The van der Waals surface area contributed by atoms with Crippen molar-refractivity contribution >= 4 is 10.8 Å². The van der Waals surface area contributed by atoms with Gasteiger partial charge in [-0.2, -0.15) is 5.26 Å². The number of benzene rings is 2. The van der Waals surface area contributed by atoms with Crippen LogP contribution in [-0.2, 0) is 6.42 Å². The highest BCUT2D eigenvalue weighted by Gasteiger charge is 2.35. The number of rotatable bonds is 1. The summed E-state index contributed by atoms with van der Waals surface area (Å²) in [5.41, 5.74) is 2.96. The molecule has 1 aliphatic carbocycles.